The number of piperazine rings is 1. The van der Waals surface area contributed by atoms with Crippen LogP contribution in [0, 0.1) is 6.92 Å². The summed E-state index contributed by atoms with van der Waals surface area (Å²) in [6.45, 7) is 12.4. The summed E-state index contributed by atoms with van der Waals surface area (Å²) >= 11 is 1.80. The highest BCUT2D eigenvalue weighted by Gasteiger charge is 2.15. The third-order valence-electron chi connectivity index (χ3n) is 5.57. The van der Waals surface area contributed by atoms with Gasteiger partial charge in [0.1, 0.15) is 0 Å². The van der Waals surface area contributed by atoms with Crippen LogP contribution in [-0.2, 0) is 0 Å². The fraction of sp³-hybridized carbons (Fsp3) is 0.478. The van der Waals surface area contributed by atoms with E-state index in [0.717, 1.165) is 36.7 Å². The first-order chi connectivity index (χ1) is 14.2. The van der Waals surface area contributed by atoms with Crippen LogP contribution in [0.2, 0.25) is 0 Å². The number of rotatable bonds is 8. The third kappa shape index (κ3) is 5.13. The molecular formula is C23H31N5S. The summed E-state index contributed by atoms with van der Waals surface area (Å²) in [4.78, 5) is 15.7. The maximum atomic E-state index is 4.82. The van der Waals surface area contributed by atoms with E-state index in [4.69, 9.17) is 4.98 Å². The summed E-state index contributed by atoms with van der Waals surface area (Å²) in [5.41, 5.74) is 2.16. The second-order valence-corrected chi connectivity index (χ2v) is 8.92. The Morgan fingerprint density at radius 1 is 1.07 bits per heavy atom. The van der Waals surface area contributed by atoms with Gasteiger partial charge < -0.3 is 15.1 Å². The van der Waals surface area contributed by atoms with Crippen LogP contribution in [0.4, 0.5) is 5.95 Å². The fourth-order valence-corrected chi connectivity index (χ4v) is 5.05. The molecule has 154 valence electrons. The minimum absolute atomic E-state index is 0.732. The molecule has 3 aromatic rings. The van der Waals surface area contributed by atoms with Gasteiger partial charge in [0.15, 0.2) is 0 Å². The van der Waals surface area contributed by atoms with E-state index in [1.165, 1.54) is 54.1 Å². The monoisotopic (exact) mass is 409 g/mol. The summed E-state index contributed by atoms with van der Waals surface area (Å²) in [7, 11) is 0. The lowest BCUT2D eigenvalue weighted by Crippen LogP contribution is -2.46. The van der Waals surface area contributed by atoms with E-state index in [1.54, 1.807) is 11.3 Å². The second kappa shape index (κ2) is 9.65. The van der Waals surface area contributed by atoms with E-state index >= 15 is 0 Å². The minimum atomic E-state index is 0.732. The van der Waals surface area contributed by atoms with Crippen molar-refractivity contribution in [2.75, 3.05) is 51.1 Å². The summed E-state index contributed by atoms with van der Waals surface area (Å²) in [6, 6.07) is 10.7. The number of benzene rings is 1. The summed E-state index contributed by atoms with van der Waals surface area (Å²) in [6.07, 6.45) is 4.30. The first kappa shape index (κ1) is 20.3. The predicted molar refractivity (Wildman–Crippen MR) is 124 cm³/mol. The van der Waals surface area contributed by atoms with Crippen LogP contribution in [0.1, 0.15) is 25.3 Å². The SMILES string of the molecule is CCCN1CCN(CCCNc2ncc(C)c(-c3cc4ccccc4s3)n2)CC1. The average Bonchev–Trinajstić information content (AvgIpc) is 3.18. The number of nitrogens with zero attached hydrogens (tertiary/aromatic N) is 4. The van der Waals surface area contributed by atoms with E-state index in [1.807, 2.05) is 6.20 Å². The van der Waals surface area contributed by atoms with Crippen molar-refractivity contribution in [1.29, 1.82) is 0 Å². The van der Waals surface area contributed by atoms with Crippen LogP contribution in [0.25, 0.3) is 20.7 Å². The van der Waals surface area contributed by atoms with E-state index in [2.05, 4.69) is 64.3 Å². The van der Waals surface area contributed by atoms with Crippen LogP contribution in [-0.4, -0.2) is 65.6 Å². The van der Waals surface area contributed by atoms with Crippen LogP contribution in [0.3, 0.4) is 0 Å². The molecule has 0 aliphatic carbocycles. The molecule has 2 aromatic heterocycles. The van der Waals surface area contributed by atoms with E-state index in [-0.39, 0.29) is 0 Å². The number of hydrogen-bond acceptors (Lipinski definition) is 6. The summed E-state index contributed by atoms with van der Waals surface area (Å²) in [5, 5.41) is 4.71. The van der Waals surface area contributed by atoms with Crippen molar-refractivity contribution in [2.24, 2.45) is 0 Å². The van der Waals surface area contributed by atoms with Gasteiger partial charge in [0.05, 0.1) is 10.6 Å². The second-order valence-electron chi connectivity index (χ2n) is 7.84. The maximum Gasteiger partial charge on any atom is 0.223 e. The Morgan fingerprint density at radius 2 is 1.83 bits per heavy atom. The molecule has 3 heterocycles. The third-order valence-corrected chi connectivity index (χ3v) is 6.69. The molecular weight excluding hydrogens is 378 g/mol. The zero-order valence-corrected chi connectivity index (χ0v) is 18.3. The van der Waals surface area contributed by atoms with Gasteiger partial charge in [-0.3, -0.25) is 0 Å². The van der Waals surface area contributed by atoms with Gasteiger partial charge in [-0.05, 0) is 55.9 Å². The highest BCUT2D eigenvalue weighted by molar-refractivity contribution is 7.22. The number of fused-ring (bicyclic) bond motifs is 1. The number of nitrogens with one attached hydrogen (secondary N) is 1. The first-order valence-corrected chi connectivity index (χ1v) is 11.6. The van der Waals surface area contributed by atoms with E-state index < -0.39 is 0 Å². The Kier molecular flexibility index (Phi) is 6.74. The average molecular weight is 410 g/mol. The minimum Gasteiger partial charge on any atom is -0.354 e. The van der Waals surface area contributed by atoms with E-state index in [0.29, 0.717) is 0 Å². The van der Waals surface area contributed by atoms with Crippen molar-refractivity contribution in [3.63, 3.8) is 0 Å². The molecule has 1 aromatic carbocycles. The van der Waals surface area contributed by atoms with Crippen molar-refractivity contribution >= 4 is 27.4 Å². The number of aryl methyl sites for hydroxylation is 1. The number of aromatic nitrogens is 2. The van der Waals surface area contributed by atoms with Crippen molar-refractivity contribution < 1.29 is 0 Å². The Hall–Kier alpha value is -2.02. The lowest BCUT2D eigenvalue weighted by atomic mass is 10.2. The molecule has 6 heteroatoms. The number of anilines is 1. The van der Waals surface area contributed by atoms with Crippen LogP contribution < -0.4 is 5.32 Å². The maximum absolute atomic E-state index is 4.82. The molecule has 0 amide bonds. The zero-order valence-electron chi connectivity index (χ0n) is 17.5. The lowest BCUT2D eigenvalue weighted by molar-refractivity contribution is 0.132. The fourth-order valence-electron chi connectivity index (χ4n) is 3.93. The van der Waals surface area contributed by atoms with Crippen LogP contribution >= 0.6 is 11.3 Å². The van der Waals surface area contributed by atoms with E-state index in [9.17, 15) is 0 Å². The molecule has 0 atom stereocenters. The Labute approximate surface area is 177 Å². The standard InChI is InChI=1S/C23H31N5S/c1-3-10-27-12-14-28(15-13-27)11-6-9-24-23-25-17-18(2)22(26-23)21-16-19-7-4-5-8-20(19)29-21/h4-5,7-8,16-17H,3,6,9-15H2,1-2H3,(H,24,25,26). The van der Waals surface area contributed by atoms with Gasteiger partial charge in [0, 0.05) is 43.6 Å². The highest BCUT2D eigenvalue weighted by atomic mass is 32.1. The molecule has 0 unspecified atom stereocenters. The van der Waals surface area contributed by atoms with Gasteiger partial charge in [-0.25, -0.2) is 9.97 Å². The summed E-state index contributed by atoms with van der Waals surface area (Å²) in [5.74, 6) is 0.732. The molecule has 4 rings (SSSR count). The normalized spacial score (nSPS) is 15.8. The van der Waals surface area contributed by atoms with Crippen molar-refractivity contribution in [2.45, 2.75) is 26.7 Å². The van der Waals surface area contributed by atoms with Gasteiger partial charge in [-0.1, -0.05) is 25.1 Å². The molecule has 29 heavy (non-hydrogen) atoms. The molecule has 1 aliphatic rings. The first-order valence-electron chi connectivity index (χ1n) is 10.7. The molecule has 0 saturated carbocycles. The van der Waals surface area contributed by atoms with Crippen LogP contribution in [0.5, 0.6) is 0 Å². The smallest absolute Gasteiger partial charge is 0.223 e. The van der Waals surface area contributed by atoms with Crippen LogP contribution in [0.15, 0.2) is 36.5 Å². The number of thiophene rings is 1. The van der Waals surface area contributed by atoms with Crippen molar-refractivity contribution in [3.8, 4) is 10.6 Å². The molecule has 1 saturated heterocycles. The lowest BCUT2D eigenvalue weighted by Gasteiger charge is -2.34. The van der Waals surface area contributed by atoms with Crippen molar-refractivity contribution in [1.82, 2.24) is 19.8 Å². The van der Waals surface area contributed by atoms with Gasteiger partial charge in [-0.15, -0.1) is 11.3 Å². The van der Waals surface area contributed by atoms with Gasteiger partial charge in [0.2, 0.25) is 5.95 Å². The van der Waals surface area contributed by atoms with Gasteiger partial charge in [-0.2, -0.15) is 0 Å². The molecule has 0 bridgehead atoms. The topological polar surface area (TPSA) is 44.3 Å². The van der Waals surface area contributed by atoms with Gasteiger partial charge in [0.25, 0.3) is 0 Å². The molecule has 0 spiro atoms. The Balaban J connectivity index is 1.30. The number of hydrogen-bond donors (Lipinski definition) is 1. The molecule has 1 fully saturated rings. The largest absolute Gasteiger partial charge is 0.354 e. The van der Waals surface area contributed by atoms with Gasteiger partial charge >= 0.3 is 0 Å². The predicted octanol–water partition coefficient (Wildman–Crippen LogP) is 4.50. The summed E-state index contributed by atoms with van der Waals surface area (Å²) < 4.78 is 1.30. The van der Waals surface area contributed by atoms with Crippen molar-refractivity contribution in [3.05, 3.63) is 42.1 Å². The quantitative estimate of drug-likeness (QED) is 0.555. The highest BCUT2D eigenvalue weighted by Crippen LogP contribution is 2.34. The molecule has 5 nitrogen and oxygen atoms in total. The molecule has 0 radical (unpaired) electrons. The molecule has 1 aliphatic heterocycles. The Morgan fingerprint density at radius 3 is 2.59 bits per heavy atom. The Bertz CT molecular complexity index is 897. The molecule has 1 N–H and O–H groups in total. The zero-order chi connectivity index (χ0) is 20.1.